The Hall–Kier alpha value is -2.77. The summed E-state index contributed by atoms with van der Waals surface area (Å²) in [7, 11) is 0. The Morgan fingerprint density at radius 2 is 1.62 bits per heavy atom. The number of aromatic nitrogens is 5. The molecule has 0 radical (unpaired) electrons. The molecule has 1 aromatic carbocycles. The topological polar surface area (TPSA) is 56.5 Å². The lowest BCUT2D eigenvalue weighted by atomic mass is 9.94. The van der Waals surface area contributed by atoms with Gasteiger partial charge in [-0.3, -0.25) is 0 Å². The fraction of sp³-hybridized carbons (Fsp3) is 0.333. The van der Waals surface area contributed by atoms with Crippen molar-refractivity contribution >= 4 is 0 Å². The Morgan fingerprint density at radius 1 is 1.00 bits per heavy atom. The number of rotatable bonds is 5. The summed E-state index contributed by atoms with van der Waals surface area (Å²) in [6.07, 6.45) is 4.33. The lowest BCUT2D eigenvalue weighted by molar-refractivity contribution is 0.540. The van der Waals surface area contributed by atoms with E-state index in [1.54, 1.807) is 6.92 Å². The van der Waals surface area contributed by atoms with Crippen LogP contribution in [0.2, 0.25) is 0 Å². The Morgan fingerprint density at radius 3 is 2.19 bits per heavy atom. The summed E-state index contributed by atoms with van der Waals surface area (Å²) in [5, 5.41) is 8.00. The van der Waals surface area contributed by atoms with Gasteiger partial charge in [-0.15, -0.1) is 4.80 Å². The van der Waals surface area contributed by atoms with E-state index in [0.717, 1.165) is 6.42 Å². The van der Waals surface area contributed by atoms with E-state index in [0.29, 0.717) is 29.9 Å². The van der Waals surface area contributed by atoms with Crippen molar-refractivity contribution in [3.05, 3.63) is 53.4 Å². The summed E-state index contributed by atoms with van der Waals surface area (Å²) in [6, 6.07) is 1.32. The van der Waals surface area contributed by atoms with Crippen molar-refractivity contribution in [3.63, 3.8) is 0 Å². The molecule has 0 fully saturated rings. The number of nitrogens with zero attached hydrogens (tertiary/aromatic N) is 5. The van der Waals surface area contributed by atoms with Crippen molar-refractivity contribution in [3.8, 4) is 17.1 Å². The molecule has 0 saturated heterocycles. The Labute approximate surface area is 148 Å². The molecule has 8 heteroatoms. The van der Waals surface area contributed by atoms with Crippen molar-refractivity contribution in [2.75, 3.05) is 0 Å². The zero-order valence-corrected chi connectivity index (χ0v) is 14.7. The molecule has 0 amide bonds. The van der Waals surface area contributed by atoms with Gasteiger partial charge in [0.05, 0.1) is 29.3 Å². The van der Waals surface area contributed by atoms with Crippen LogP contribution in [-0.2, 0) is 6.42 Å². The molecule has 3 aromatic rings. The van der Waals surface area contributed by atoms with E-state index < -0.39 is 17.5 Å². The van der Waals surface area contributed by atoms with Gasteiger partial charge in [0.15, 0.2) is 0 Å². The lowest BCUT2D eigenvalue weighted by Gasteiger charge is -2.17. The van der Waals surface area contributed by atoms with Crippen LogP contribution in [0.15, 0.2) is 24.5 Å². The van der Waals surface area contributed by atoms with Gasteiger partial charge in [0.2, 0.25) is 0 Å². The lowest BCUT2D eigenvalue weighted by Crippen LogP contribution is -2.13. The van der Waals surface area contributed by atoms with Crippen molar-refractivity contribution in [2.45, 2.75) is 33.6 Å². The van der Waals surface area contributed by atoms with Crippen LogP contribution in [0.1, 0.15) is 31.7 Å². The second kappa shape index (κ2) is 7.23. The molecular formula is C18H18F3N5. The van der Waals surface area contributed by atoms with Gasteiger partial charge in [-0.25, -0.2) is 23.1 Å². The van der Waals surface area contributed by atoms with E-state index >= 15 is 0 Å². The highest BCUT2D eigenvalue weighted by atomic mass is 19.1. The average molecular weight is 361 g/mol. The molecule has 0 bridgehead atoms. The van der Waals surface area contributed by atoms with E-state index in [1.807, 2.05) is 13.8 Å². The zero-order valence-electron chi connectivity index (χ0n) is 14.7. The van der Waals surface area contributed by atoms with Crippen molar-refractivity contribution in [2.24, 2.45) is 5.92 Å². The number of halogens is 3. The monoisotopic (exact) mass is 361 g/mol. The van der Waals surface area contributed by atoms with Gasteiger partial charge < -0.3 is 0 Å². The van der Waals surface area contributed by atoms with Crippen molar-refractivity contribution in [1.29, 1.82) is 0 Å². The highest BCUT2D eigenvalue weighted by molar-refractivity contribution is 5.70. The summed E-state index contributed by atoms with van der Waals surface area (Å²) in [5.74, 6) is -2.48. The maximum absolute atomic E-state index is 14.4. The molecule has 0 aliphatic rings. The number of hydrogen-bond donors (Lipinski definition) is 0. The van der Waals surface area contributed by atoms with Gasteiger partial charge in [0.25, 0.3) is 5.95 Å². The molecule has 2 heterocycles. The third-order valence-electron chi connectivity index (χ3n) is 4.25. The minimum atomic E-state index is -0.982. The van der Waals surface area contributed by atoms with Crippen LogP contribution in [0, 0.1) is 30.3 Å². The first-order chi connectivity index (χ1) is 12.4. The van der Waals surface area contributed by atoms with E-state index in [9.17, 15) is 13.2 Å². The normalized spacial score (nSPS) is 12.4. The highest BCUT2D eigenvalue weighted by Gasteiger charge is 2.23. The smallest absolute Gasteiger partial charge is 0.214 e. The van der Waals surface area contributed by atoms with Crippen LogP contribution in [-0.4, -0.2) is 25.0 Å². The number of benzene rings is 1. The van der Waals surface area contributed by atoms with Gasteiger partial charge in [-0.05, 0) is 19.3 Å². The van der Waals surface area contributed by atoms with Crippen LogP contribution in [0.3, 0.4) is 0 Å². The largest absolute Gasteiger partial charge is 0.269 e. The number of aryl methyl sites for hydroxylation is 1. The quantitative estimate of drug-likeness (QED) is 0.688. The second-order valence-electron chi connectivity index (χ2n) is 6.21. The summed E-state index contributed by atoms with van der Waals surface area (Å²) >= 11 is 0. The molecule has 0 aliphatic carbocycles. The van der Waals surface area contributed by atoms with E-state index in [1.165, 1.54) is 17.2 Å². The standard InChI is InChI=1S/C18H18F3N5/c1-4-10(2)7-15-16(17-13(20)8-12(19)9-14(17)21)11(3)24-18(25-15)26-22-5-6-23-26/h5-6,8-10H,4,7H2,1-3H3. The minimum Gasteiger partial charge on any atom is -0.214 e. The summed E-state index contributed by atoms with van der Waals surface area (Å²) in [4.78, 5) is 9.98. The SMILES string of the molecule is CCC(C)Cc1nc(-n2nccn2)nc(C)c1-c1c(F)cc(F)cc1F. The molecule has 0 N–H and O–H groups in total. The van der Waals surface area contributed by atoms with Crippen molar-refractivity contribution < 1.29 is 13.2 Å². The molecule has 136 valence electrons. The summed E-state index contributed by atoms with van der Waals surface area (Å²) in [5.41, 5.74) is 0.775. The Bertz CT molecular complexity index is 902. The molecule has 0 saturated carbocycles. The van der Waals surface area contributed by atoms with E-state index in [2.05, 4.69) is 20.2 Å². The maximum Gasteiger partial charge on any atom is 0.269 e. The minimum absolute atomic E-state index is 0.220. The summed E-state index contributed by atoms with van der Waals surface area (Å²) in [6.45, 7) is 5.67. The molecule has 1 unspecified atom stereocenters. The third kappa shape index (κ3) is 3.44. The second-order valence-corrected chi connectivity index (χ2v) is 6.21. The third-order valence-corrected chi connectivity index (χ3v) is 4.25. The zero-order chi connectivity index (χ0) is 18.8. The van der Waals surface area contributed by atoms with Crippen LogP contribution in [0.5, 0.6) is 0 Å². The molecule has 1 atom stereocenters. The highest BCUT2D eigenvalue weighted by Crippen LogP contribution is 2.33. The van der Waals surface area contributed by atoms with Crippen molar-refractivity contribution in [1.82, 2.24) is 25.0 Å². The summed E-state index contributed by atoms with van der Waals surface area (Å²) < 4.78 is 42.1. The maximum atomic E-state index is 14.4. The first kappa shape index (κ1) is 18.0. The Kier molecular flexibility index (Phi) is 5.01. The van der Waals surface area contributed by atoms with Crippen LogP contribution in [0.25, 0.3) is 17.1 Å². The van der Waals surface area contributed by atoms with Gasteiger partial charge in [-0.1, -0.05) is 20.3 Å². The van der Waals surface area contributed by atoms with E-state index in [4.69, 9.17) is 0 Å². The van der Waals surface area contributed by atoms with Crippen LogP contribution < -0.4 is 0 Å². The molecule has 0 aliphatic heterocycles. The van der Waals surface area contributed by atoms with Crippen LogP contribution >= 0.6 is 0 Å². The fourth-order valence-electron chi connectivity index (χ4n) is 2.75. The first-order valence-electron chi connectivity index (χ1n) is 8.29. The predicted octanol–water partition coefficient (Wildman–Crippen LogP) is 4.04. The average Bonchev–Trinajstić information content (AvgIpc) is 3.10. The molecule has 2 aromatic heterocycles. The predicted molar refractivity (Wildman–Crippen MR) is 90.2 cm³/mol. The first-order valence-corrected chi connectivity index (χ1v) is 8.29. The molecule has 3 rings (SSSR count). The Balaban J connectivity index is 2.24. The molecule has 5 nitrogen and oxygen atoms in total. The van der Waals surface area contributed by atoms with Crippen LogP contribution in [0.4, 0.5) is 13.2 Å². The van der Waals surface area contributed by atoms with E-state index in [-0.39, 0.29) is 23.0 Å². The molecular weight excluding hydrogens is 343 g/mol. The van der Waals surface area contributed by atoms with Gasteiger partial charge in [0, 0.05) is 17.7 Å². The number of hydrogen-bond acceptors (Lipinski definition) is 4. The van der Waals surface area contributed by atoms with Gasteiger partial charge in [-0.2, -0.15) is 10.2 Å². The molecule has 0 spiro atoms. The molecule has 26 heavy (non-hydrogen) atoms. The van der Waals surface area contributed by atoms with Gasteiger partial charge in [0.1, 0.15) is 17.5 Å². The fourth-order valence-corrected chi connectivity index (χ4v) is 2.75. The van der Waals surface area contributed by atoms with Gasteiger partial charge >= 0.3 is 0 Å².